The van der Waals surface area contributed by atoms with Gasteiger partial charge in [0.05, 0.1) is 29.0 Å². The smallest absolute Gasteiger partial charge is 0.508 e. The maximum atomic E-state index is 13.8. The van der Waals surface area contributed by atoms with Crippen LogP contribution in [0, 0.1) is 0 Å². The van der Waals surface area contributed by atoms with Crippen molar-refractivity contribution < 1.29 is 33.7 Å². The van der Waals surface area contributed by atoms with Gasteiger partial charge in [-0.1, -0.05) is 26.0 Å². The molecule has 2 aromatic carbocycles. The van der Waals surface area contributed by atoms with E-state index in [-0.39, 0.29) is 54.5 Å². The van der Waals surface area contributed by atoms with Gasteiger partial charge in [0.25, 0.3) is 5.56 Å². The maximum absolute atomic E-state index is 13.8. The highest BCUT2D eigenvalue weighted by molar-refractivity contribution is 5.90. The van der Waals surface area contributed by atoms with Gasteiger partial charge in [-0.05, 0) is 60.4 Å². The number of hydrogen-bond donors (Lipinski definition) is 2. The first kappa shape index (κ1) is 28.0. The first-order valence-electron chi connectivity index (χ1n) is 14.0. The number of benzene rings is 2. The molecule has 0 aliphatic carbocycles. The zero-order chi connectivity index (χ0) is 30.5. The molecule has 4 heterocycles. The zero-order valence-corrected chi connectivity index (χ0v) is 23.9. The van der Waals surface area contributed by atoms with Crippen LogP contribution in [0.25, 0.3) is 22.3 Å². The Bertz CT molecular complexity index is 1880. The number of aromatic nitrogens is 2. The summed E-state index contributed by atoms with van der Waals surface area (Å²) in [7, 11) is 0. The van der Waals surface area contributed by atoms with Crippen molar-refractivity contribution in [1.82, 2.24) is 9.55 Å². The number of pyridine rings is 2. The van der Waals surface area contributed by atoms with Crippen molar-refractivity contribution in [3.63, 3.8) is 0 Å². The van der Waals surface area contributed by atoms with Gasteiger partial charge in [0.1, 0.15) is 19.0 Å². The first-order chi connectivity index (χ1) is 20.6. The molecule has 2 aliphatic rings. The summed E-state index contributed by atoms with van der Waals surface area (Å²) in [5, 5.41) is 13.6. The summed E-state index contributed by atoms with van der Waals surface area (Å²) >= 11 is 0. The number of anilines is 1. The minimum atomic E-state index is -1.90. The summed E-state index contributed by atoms with van der Waals surface area (Å²) in [6, 6.07) is 13.4. The molecule has 0 saturated carbocycles. The van der Waals surface area contributed by atoms with Crippen molar-refractivity contribution in [1.29, 1.82) is 0 Å². The molecule has 0 radical (unpaired) electrons. The molecule has 0 spiro atoms. The monoisotopic (exact) mass is 583 g/mol. The number of aryl methyl sites for hydroxylation is 1. The van der Waals surface area contributed by atoms with E-state index in [4.69, 9.17) is 19.2 Å². The molecular formula is C32H29N3O8. The van der Waals surface area contributed by atoms with Gasteiger partial charge in [-0.15, -0.1) is 0 Å². The molecular weight excluding hydrogens is 554 g/mol. The van der Waals surface area contributed by atoms with Crippen LogP contribution >= 0.6 is 0 Å². The lowest BCUT2D eigenvalue weighted by Gasteiger charge is -2.35. The molecule has 43 heavy (non-hydrogen) atoms. The Hall–Kier alpha value is -5.19. The van der Waals surface area contributed by atoms with Crippen molar-refractivity contribution in [2.75, 3.05) is 5.32 Å². The van der Waals surface area contributed by atoms with Gasteiger partial charge >= 0.3 is 12.1 Å². The van der Waals surface area contributed by atoms with Crippen LogP contribution in [0.1, 0.15) is 55.0 Å². The molecule has 1 atom stereocenters. The quantitative estimate of drug-likeness (QED) is 0.272. The Morgan fingerprint density at radius 2 is 1.86 bits per heavy atom. The van der Waals surface area contributed by atoms with Crippen LogP contribution in [0.4, 0.5) is 10.5 Å². The highest BCUT2D eigenvalue weighted by Gasteiger charge is 2.51. The molecule has 2 N–H and O–H groups in total. The number of rotatable bonds is 6. The Balaban J connectivity index is 1.35. The lowest BCUT2D eigenvalue weighted by Crippen LogP contribution is -2.47. The van der Waals surface area contributed by atoms with Crippen LogP contribution in [0.2, 0.25) is 0 Å². The fraction of sp³-hybridized carbons (Fsp3) is 0.281. The average molecular weight is 584 g/mol. The number of aromatic hydroxyl groups is 1. The van der Waals surface area contributed by atoms with Crippen molar-refractivity contribution >= 4 is 34.6 Å². The fourth-order valence-electron chi connectivity index (χ4n) is 5.91. The molecule has 11 nitrogen and oxygen atoms in total. The van der Waals surface area contributed by atoms with Gasteiger partial charge in [-0.25, -0.2) is 14.6 Å². The van der Waals surface area contributed by atoms with E-state index in [0.717, 1.165) is 16.5 Å². The molecule has 0 saturated heterocycles. The number of phenolic OH excluding ortho intramolecular Hbond substituents is 1. The summed E-state index contributed by atoms with van der Waals surface area (Å²) in [6.07, 6.45) is -0.450. The van der Waals surface area contributed by atoms with Crippen molar-refractivity contribution in [2.24, 2.45) is 0 Å². The molecule has 0 bridgehead atoms. The third-order valence-electron chi connectivity index (χ3n) is 8.00. The van der Waals surface area contributed by atoms with Crippen LogP contribution in [0.5, 0.6) is 5.75 Å². The Labute approximate surface area is 246 Å². The van der Waals surface area contributed by atoms with E-state index in [1.165, 1.54) is 6.92 Å². The summed E-state index contributed by atoms with van der Waals surface area (Å²) in [6.45, 7) is 4.94. The van der Waals surface area contributed by atoms with Gasteiger partial charge in [-0.2, -0.15) is 0 Å². The summed E-state index contributed by atoms with van der Waals surface area (Å²) < 4.78 is 18.0. The second kappa shape index (κ2) is 10.6. The lowest BCUT2D eigenvalue weighted by atomic mass is 9.85. The number of cyclic esters (lactones) is 1. The molecule has 1 unspecified atom stereocenters. The number of nitrogens with one attached hydrogen (secondary N) is 1. The number of hydrogen-bond acceptors (Lipinski definition) is 9. The molecule has 2 aliphatic heterocycles. The minimum absolute atomic E-state index is 0.000266. The Morgan fingerprint density at radius 1 is 1.09 bits per heavy atom. The highest BCUT2D eigenvalue weighted by atomic mass is 16.7. The second-order valence-corrected chi connectivity index (χ2v) is 10.6. The highest BCUT2D eigenvalue weighted by Crippen LogP contribution is 2.42. The Morgan fingerprint density at radius 3 is 2.56 bits per heavy atom. The van der Waals surface area contributed by atoms with Gasteiger partial charge < -0.3 is 29.2 Å². The molecule has 6 rings (SSSR count). The first-order valence-corrected chi connectivity index (χ1v) is 14.0. The fourth-order valence-corrected chi connectivity index (χ4v) is 5.91. The largest absolute Gasteiger partial charge is 0.510 e. The van der Waals surface area contributed by atoms with Crippen LogP contribution in [-0.4, -0.2) is 32.7 Å². The lowest BCUT2D eigenvalue weighted by molar-refractivity contribution is -0.175. The number of carbonyl (C=O) groups excluding carboxylic acids is 3. The third-order valence-corrected chi connectivity index (χ3v) is 8.00. The van der Waals surface area contributed by atoms with Crippen LogP contribution in [0.3, 0.4) is 0 Å². The molecule has 0 fully saturated rings. The number of esters is 1. The standard InChI is InChI=1S/C32H29N3O8/c1-4-21-22-12-20(37)10-11-26(22)34-28-23(21)14-35-27(28)13-25-24(29(35)38)16-41-30(39)32(25,5-2)43-31(40)42-15-18-6-8-19(9-7-18)33-17(3)36/h6-13,37H,4-5,14-16H2,1-3H3,(H,33,36). The number of fused-ring (bicyclic) bond motifs is 5. The molecule has 2 aromatic heterocycles. The van der Waals surface area contributed by atoms with E-state index in [1.807, 2.05) is 6.92 Å². The van der Waals surface area contributed by atoms with E-state index >= 15 is 0 Å². The SMILES string of the molecule is CCc1c2c(nc3ccc(O)cc13)-c1cc3c(c(=O)n1C2)COC(=O)C3(CC)OC(=O)OCc1ccc(NC(C)=O)cc1. The second-order valence-electron chi connectivity index (χ2n) is 10.6. The van der Waals surface area contributed by atoms with Crippen molar-refractivity contribution in [3.05, 3.63) is 86.7 Å². The normalized spacial score (nSPS) is 16.6. The number of nitrogens with zero attached hydrogens (tertiary/aromatic N) is 2. The average Bonchev–Trinajstić information content (AvgIpc) is 3.35. The number of carbonyl (C=O) groups is 3. The van der Waals surface area contributed by atoms with E-state index in [1.54, 1.807) is 60.0 Å². The summed E-state index contributed by atoms with van der Waals surface area (Å²) in [5.41, 5.74) is 3.04. The number of ether oxygens (including phenoxy) is 3. The summed E-state index contributed by atoms with van der Waals surface area (Å²) in [4.78, 5) is 56.1. The topological polar surface area (TPSA) is 146 Å². The predicted molar refractivity (Wildman–Crippen MR) is 155 cm³/mol. The predicted octanol–water partition coefficient (Wildman–Crippen LogP) is 4.67. The van der Waals surface area contributed by atoms with Crippen LogP contribution in [0.15, 0.2) is 53.3 Å². The minimum Gasteiger partial charge on any atom is -0.508 e. The van der Waals surface area contributed by atoms with Crippen molar-refractivity contribution in [3.8, 4) is 17.1 Å². The molecule has 11 heteroatoms. The van der Waals surface area contributed by atoms with E-state index in [0.29, 0.717) is 34.6 Å². The number of amides is 1. The molecule has 220 valence electrons. The van der Waals surface area contributed by atoms with E-state index < -0.39 is 17.7 Å². The van der Waals surface area contributed by atoms with E-state index in [9.17, 15) is 24.3 Å². The van der Waals surface area contributed by atoms with Gasteiger partial charge in [-0.3, -0.25) is 9.59 Å². The van der Waals surface area contributed by atoms with Crippen molar-refractivity contribution in [2.45, 2.75) is 59.0 Å². The third kappa shape index (κ3) is 4.66. The molecule has 4 aromatic rings. The molecule has 1 amide bonds. The van der Waals surface area contributed by atoms with Gasteiger partial charge in [0.15, 0.2) is 0 Å². The number of phenols is 1. The van der Waals surface area contributed by atoms with Crippen LogP contribution in [-0.2, 0) is 55.6 Å². The van der Waals surface area contributed by atoms with E-state index in [2.05, 4.69) is 5.32 Å². The zero-order valence-electron chi connectivity index (χ0n) is 23.9. The van der Waals surface area contributed by atoms with Gasteiger partial charge in [0, 0.05) is 29.1 Å². The van der Waals surface area contributed by atoms with Crippen LogP contribution < -0.4 is 10.9 Å². The maximum Gasteiger partial charge on any atom is 0.510 e. The summed E-state index contributed by atoms with van der Waals surface area (Å²) in [5.74, 6) is -0.875. The van der Waals surface area contributed by atoms with Gasteiger partial charge in [0.2, 0.25) is 11.5 Å². The Kier molecular flexibility index (Phi) is 6.87.